The van der Waals surface area contributed by atoms with Gasteiger partial charge in [-0.2, -0.15) is 0 Å². The van der Waals surface area contributed by atoms with Crippen LogP contribution in [0.2, 0.25) is 0 Å². The Kier molecular flexibility index (Phi) is 4.52. The molecule has 1 aliphatic rings. The molecular formula is C21H16N2O4S. The number of carboxylic acid groups (broad SMARTS) is 1. The zero-order valence-corrected chi connectivity index (χ0v) is 15.8. The van der Waals surface area contributed by atoms with Crippen molar-refractivity contribution in [3.63, 3.8) is 0 Å². The largest absolute Gasteiger partial charge is 0.481 e. The molecule has 2 N–H and O–H groups in total. The molecule has 0 bridgehead atoms. The fourth-order valence-electron chi connectivity index (χ4n) is 3.30. The second-order valence-electron chi connectivity index (χ2n) is 6.48. The number of aryl methyl sites for hydroxylation is 2. The van der Waals surface area contributed by atoms with Gasteiger partial charge in [0.25, 0.3) is 0 Å². The molecule has 0 atom stereocenters. The first kappa shape index (κ1) is 18.1. The number of thiazole rings is 1. The van der Waals surface area contributed by atoms with Crippen LogP contribution in [0.1, 0.15) is 48.8 Å². The average molecular weight is 392 g/mol. The lowest BCUT2D eigenvalue weighted by molar-refractivity contribution is -0.136. The third-order valence-corrected chi connectivity index (χ3v) is 5.79. The van der Waals surface area contributed by atoms with Gasteiger partial charge in [-0.25, -0.2) is 4.98 Å². The zero-order chi connectivity index (χ0) is 19.8. The van der Waals surface area contributed by atoms with E-state index >= 15 is 0 Å². The number of hydrogen-bond donors (Lipinski definition) is 2. The van der Waals surface area contributed by atoms with E-state index in [-0.39, 0.29) is 18.0 Å². The van der Waals surface area contributed by atoms with E-state index in [0.29, 0.717) is 39.5 Å². The lowest BCUT2D eigenvalue weighted by Gasteiger charge is -2.20. The van der Waals surface area contributed by atoms with Gasteiger partial charge in [-0.15, -0.1) is 11.3 Å². The predicted octanol–water partition coefficient (Wildman–Crippen LogP) is 3.99. The number of carbonyl (C=O) groups is 3. The van der Waals surface area contributed by atoms with Crippen LogP contribution in [0.5, 0.6) is 0 Å². The molecule has 4 rings (SSSR count). The lowest BCUT2D eigenvalue weighted by Crippen LogP contribution is -2.21. The van der Waals surface area contributed by atoms with Crippen LogP contribution >= 0.6 is 11.3 Å². The van der Waals surface area contributed by atoms with Crippen molar-refractivity contribution in [3.05, 3.63) is 75.3 Å². The van der Waals surface area contributed by atoms with Gasteiger partial charge in [-0.1, -0.05) is 36.4 Å². The van der Waals surface area contributed by atoms with Crippen molar-refractivity contribution in [1.82, 2.24) is 4.98 Å². The number of carbonyl (C=O) groups excluding carboxylic acids is 2. The van der Waals surface area contributed by atoms with Crippen molar-refractivity contribution >= 4 is 39.7 Å². The molecule has 6 nitrogen and oxygen atoms in total. The molecule has 0 saturated heterocycles. The van der Waals surface area contributed by atoms with Gasteiger partial charge in [0.15, 0.2) is 16.7 Å². The number of fused-ring (bicyclic) bond motifs is 2. The highest BCUT2D eigenvalue weighted by Crippen LogP contribution is 2.34. The van der Waals surface area contributed by atoms with E-state index in [1.807, 2.05) is 6.92 Å². The standard InChI is InChI=1S/C21H16N2O4S/c1-11-16(9-10-17(24)25)28-21(22-11)23-15-8-4-7-14-18(15)20(27)13-6-3-2-5-12(13)19(14)26/h2-8H,9-10H2,1H3,(H,22,23)(H,24,25). The molecule has 1 heterocycles. The van der Waals surface area contributed by atoms with Crippen molar-refractivity contribution < 1.29 is 19.5 Å². The molecule has 1 aliphatic carbocycles. The van der Waals surface area contributed by atoms with E-state index in [1.165, 1.54) is 11.3 Å². The topological polar surface area (TPSA) is 96.4 Å². The van der Waals surface area contributed by atoms with Crippen LogP contribution in [0, 0.1) is 6.92 Å². The van der Waals surface area contributed by atoms with Gasteiger partial charge in [0.1, 0.15) is 0 Å². The van der Waals surface area contributed by atoms with Gasteiger partial charge in [-0.3, -0.25) is 14.4 Å². The Balaban J connectivity index is 1.70. The molecule has 7 heteroatoms. The Morgan fingerprint density at radius 3 is 2.43 bits per heavy atom. The lowest BCUT2D eigenvalue weighted by atomic mass is 9.83. The van der Waals surface area contributed by atoms with Crippen molar-refractivity contribution in [2.75, 3.05) is 5.32 Å². The van der Waals surface area contributed by atoms with Crippen LogP contribution in [0.3, 0.4) is 0 Å². The van der Waals surface area contributed by atoms with Gasteiger partial charge in [0.2, 0.25) is 0 Å². The van der Waals surface area contributed by atoms with E-state index in [9.17, 15) is 14.4 Å². The Morgan fingerprint density at radius 1 is 1.04 bits per heavy atom. The maximum atomic E-state index is 13.0. The van der Waals surface area contributed by atoms with Gasteiger partial charge in [0, 0.05) is 21.6 Å². The quantitative estimate of drug-likeness (QED) is 0.533. The second-order valence-corrected chi connectivity index (χ2v) is 7.56. The number of ketones is 2. The van der Waals surface area contributed by atoms with Gasteiger partial charge < -0.3 is 10.4 Å². The summed E-state index contributed by atoms with van der Waals surface area (Å²) in [5.41, 5.74) is 2.79. The highest BCUT2D eigenvalue weighted by Gasteiger charge is 2.31. The Labute approximate surface area is 164 Å². The zero-order valence-electron chi connectivity index (χ0n) is 15.0. The number of rotatable bonds is 5. The smallest absolute Gasteiger partial charge is 0.303 e. The molecule has 0 spiro atoms. The van der Waals surface area contributed by atoms with E-state index in [0.717, 1.165) is 10.6 Å². The first-order chi connectivity index (χ1) is 13.5. The SMILES string of the molecule is Cc1nc(Nc2cccc3c2C(=O)c2ccccc2C3=O)sc1CCC(=O)O. The first-order valence-electron chi connectivity index (χ1n) is 8.72. The average Bonchev–Trinajstić information content (AvgIpc) is 3.03. The van der Waals surface area contributed by atoms with Crippen LogP contribution in [0.4, 0.5) is 10.8 Å². The Bertz CT molecular complexity index is 1130. The summed E-state index contributed by atoms with van der Waals surface area (Å²) in [6.07, 6.45) is 0.436. The summed E-state index contributed by atoms with van der Waals surface area (Å²) in [5.74, 6) is -1.23. The minimum Gasteiger partial charge on any atom is -0.481 e. The van der Waals surface area contributed by atoms with Gasteiger partial charge in [-0.05, 0) is 19.4 Å². The molecule has 0 fully saturated rings. The minimum atomic E-state index is -0.859. The molecule has 28 heavy (non-hydrogen) atoms. The van der Waals surface area contributed by atoms with Crippen LogP contribution in [-0.2, 0) is 11.2 Å². The van der Waals surface area contributed by atoms with Crippen LogP contribution < -0.4 is 5.32 Å². The van der Waals surface area contributed by atoms with Crippen molar-refractivity contribution in [1.29, 1.82) is 0 Å². The van der Waals surface area contributed by atoms with Gasteiger partial charge in [0.05, 0.1) is 23.4 Å². The fourth-order valence-corrected chi connectivity index (χ4v) is 4.27. The fraction of sp³-hybridized carbons (Fsp3) is 0.143. The maximum Gasteiger partial charge on any atom is 0.303 e. The number of hydrogen-bond acceptors (Lipinski definition) is 6. The number of aromatic nitrogens is 1. The summed E-state index contributed by atoms with van der Waals surface area (Å²) in [6, 6.07) is 11.9. The van der Waals surface area contributed by atoms with E-state index in [2.05, 4.69) is 10.3 Å². The number of anilines is 2. The molecule has 0 amide bonds. The second kappa shape index (κ2) is 7.01. The molecular weight excluding hydrogens is 376 g/mol. The Morgan fingerprint density at radius 2 is 1.71 bits per heavy atom. The third-order valence-electron chi connectivity index (χ3n) is 4.65. The van der Waals surface area contributed by atoms with Crippen LogP contribution in [0.15, 0.2) is 42.5 Å². The minimum absolute atomic E-state index is 0.0347. The first-order valence-corrected chi connectivity index (χ1v) is 9.54. The summed E-state index contributed by atoms with van der Waals surface area (Å²) in [7, 11) is 0. The van der Waals surface area contributed by atoms with Gasteiger partial charge >= 0.3 is 5.97 Å². The predicted molar refractivity (Wildman–Crippen MR) is 106 cm³/mol. The van der Waals surface area contributed by atoms with E-state index in [1.54, 1.807) is 42.5 Å². The van der Waals surface area contributed by atoms with E-state index < -0.39 is 5.97 Å². The Hall–Kier alpha value is -3.32. The number of nitrogens with one attached hydrogen (secondary N) is 1. The normalized spacial score (nSPS) is 12.5. The molecule has 3 aromatic rings. The molecule has 2 aromatic carbocycles. The highest BCUT2D eigenvalue weighted by molar-refractivity contribution is 7.15. The highest BCUT2D eigenvalue weighted by atomic mass is 32.1. The van der Waals surface area contributed by atoms with Crippen molar-refractivity contribution in [3.8, 4) is 0 Å². The molecule has 1 aromatic heterocycles. The molecule has 140 valence electrons. The number of carboxylic acids is 1. The van der Waals surface area contributed by atoms with Crippen molar-refractivity contribution in [2.45, 2.75) is 19.8 Å². The molecule has 0 unspecified atom stereocenters. The molecule has 0 radical (unpaired) electrons. The van der Waals surface area contributed by atoms with E-state index in [4.69, 9.17) is 5.11 Å². The maximum absolute atomic E-state index is 13.0. The summed E-state index contributed by atoms with van der Waals surface area (Å²) in [4.78, 5) is 42.0. The summed E-state index contributed by atoms with van der Waals surface area (Å²) in [6.45, 7) is 1.82. The molecule has 0 saturated carbocycles. The summed E-state index contributed by atoms with van der Waals surface area (Å²) in [5, 5.41) is 12.6. The van der Waals surface area contributed by atoms with Crippen molar-refractivity contribution in [2.24, 2.45) is 0 Å². The third kappa shape index (κ3) is 3.10. The monoisotopic (exact) mass is 392 g/mol. The number of nitrogens with zero attached hydrogens (tertiary/aromatic N) is 1. The van der Waals surface area contributed by atoms with Crippen LogP contribution in [0.25, 0.3) is 0 Å². The summed E-state index contributed by atoms with van der Waals surface area (Å²) >= 11 is 1.35. The summed E-state index contributed by atoms with van der Waals surface area (Å²) < 4.78 is 0. The number of benzene rings is 2. The van der Waals surface area contributed by atoms with Crippen LogP contribution in [-0.4, -0.2) is 27.6 Å². The molecule has 0 aliphatic heterocycles. The number of aliphatic carboxylic acids is 1.